The molecule has 3 aromatic carbocycles. The van der Waals surface area contributed by atoms with Gasteiger partial charge in [0.25, 0.3) is 0 Å². The minimum atomic E-state index is 0.713. The highest BCUT2D eigenvalue weighted by Gasteiger charge is 1.98. The van der Waals surface area contributed by atoms with Crippen molar-refractivity contribution >= 4 is 11.8 Å². The van der Waals surface area contributed by atoms with E-state index in [2.05, 4.69) is 60.7 Å². The number of thioether (sulfide) groups is 1. The van der Waals surface area contributed by atoms with Crippen molar-refractivity contribution in [2.24, 2.45) is 0 Å². The second-order valence-electron chi connectivity index (χ2n) is 4.90. The first-order valence-electron chi connectivity index (χ1n) is 7.38. The first kappa shape index (κ1) is 14.7. The van der Waals surface area contributed by atoms with Gasteiger partial charge in [-0.3, -0.25) is 0 Å². The van der Waals surface area contributed by atoms with Crippen LogP contribution in [0.4, 0.5) is 0 Å². The molecule has 110 valence electrons. The van der Waals surface area contributed by atoms with Gasteiger partial charge in [0.05, 0.1) is 6.61 Å². The van der Waals surface area contributed by atoms with Crippen LogP contribution >= 0.6 is 11.8 Å². The average molecular weight is 306 g/mol. The van der Waals surface area contributed by atoms with Crippen LogP contribution in [0.25, 0.3) is 11.1 Å². The van der Waals surface area contributed by atoms with Crippen LogP contribution in [0.1, 0.15) is 0 Å². The fourth-order valence-corrected chi connectivity index (χ4v) is 2.96. The van der Waals surface area contributed by atoms with Gasteiger partial charge in [-0.15, -0.1) is 11.8 Å². The lowest BCUT2D eigenvalue weighted by molar-refractivity contribution is 0.344. The second kappa shape index (κ2) is 7.71. The number of hydrogen-bond acceptors (Lipinski definition) is 2. The summed E-state index contributed by atoms with van der Waals surface area (Å²) < 4.78 is 5.80. The molecule has 0 aromatic heterocycles. The predicted molar refractivity (Wildman–Crippen MR) is 94.5 cm³/mol. The Morgan fingerprint density at radius 1 is 0.636 bits per heavy atom. The molecule has 3 rings (SSSR count). The van der Waals surface area contributed by atoms with Gasteiger partial charge in [0.15, 0.2) is 0 Å². The van der Waals surface area contributed by atoms with E-state index < -0.39 is 0 Å². The molecule has 1 nitrogen and oxygen atoms in total. The molecule has 0 saturated carbocycles. The minimum absolute atomic E-state index is 0.713. The van der Waals surface area contributed by atoms with Gasteiger partial charge in [0, 0.05) is 10.6 Å². The van der Waals surface area contributed by atoms with Crippen LogP contribution in [0, 0.1) is 0 Å². The lowest BCUT2D eigenvalue weighted by atomic mass is 10.1. The Labute approximate surface area is 136 Å². The van der Waals surface area contributed by atoms with Crippen LogP contribution in [0.15, 0.2) is 89.8 Å². The van der Waals surface area contributed by atoms with Crippen molar-refractivity contribution < 1.29 is 4.74 Å². The van der Waals surface area contributed by atoms with E-state index in [1.54, 1.807) is 0 Å². The average Bonchev–Trinajstić information content (AvgIpc) is 2.61. The Hall–Kier alpha value is -2.19. The number of hydrogen-bond donors (Lipinski definition) is 0. The minimum Gasteiger partial charge on any atom is -0.493 e. The monoisotopic (exact) mass is 306 g/mol. The van der Waals surface area contributed by atoms with E-state index in [0.29, 0.717) is 6.61 Å². The molecular formula is C20H18OS. The number of benzene rings is 3. The highest BCUT2D eigenvalue weighted by atomic mass is 32.2. The third-order valence-electron chi connectivity index (χ3n) is 3.33. The van der Waals surface area contributed by atoms with E-state index in [1.807, 2.05) is 36.0 Å². The Kier molecular flexibility index (Phi) is 5.17. The van der Waals surface area contributed by atoms with E-state index in [9.17, 15) is 0 Å². The van der Waals surface area contributed by atoms with Crippen molar-refractivity contribution in [2.45, 2.75) is 4.90 Å². The maximum Gasteiger partial charge on any atom is 0.119 e. The molecule has 0 unspecified atom stereocenters. The summed E-state index contributed by atoms with van der Waals surface area (Å²) in [5.74, 6) is 1.87. The van der Waals surface area contributed by atoms with Crippen LogP contribution in [-0.2, 0) is 0 Å². The quantitative estimate of drug-likeness (QED) is 0.438. The van der Waals surface area contributed by atoms with Crippen LogP contribution in [-0.4, -0.2) is 12.4 Å². The summed E-state index contributed by atoms with van der Waals surface area (Å²) in [6.45, 7) is 0.713. The third kappa shape index (κ3) is 4.15. The Morgan fingerprint density at radius 3 is 1.91 bits per heavy atom. The van der Waals surface area contributed by atoms with Crippen LogP contribution in [0.5, 0.6) is 5.75 Å². The summed E-state index contributed by atoms with van der Waals surface area (Å²) in [7, 11) is 0. The predicted octanol–water partition coefficient (Wildman–Crippen LogP) is 5.52. The molecule has 0 N–H and O–H groups in total. The van der Waals surface area contributed by atoms with Crippen molar-refractivity contribution in [1.29, 1.82) is 0 Å². The molecule has 0 atom stereocenters. The van der Waals surface area contributed by atoms with Gasteiger partial charge >= 0.3 is 0 Å². The first-order valence-corrected chi connectivity index (χ1v) is 8.36. The molecule has 2 heteroatoms. The second-order valence-corrected chi connectivity index (χ2v) is 6.07. The molecule has 0 saturated heterocycles. The zero-order valence-corrected chi connectivity index (χ0v) is 13.1. The van der Waals surface area contributed by atoms with Crippen molar-refractivity contribution in [3.8, 4) is 16.9 Å². The molecule has 3 aromatic rings. The molecule has 0 amide bonds. The fourth-order valence-electron chi connectivity index (χ4n) is 2.21. The summed E-state index contributed by atoms with van der Waals surface area (Å²) in [4.78, 5) is 1.28. The van der Waals surface area contributed by atoms with Gasteiger partial charge in [0.1, 0.15) is 5.75 Å². The summed E-state index contributed by atoms with van der Waals surface area (Å²) in [6, 6.07) is 29.1. The smallest absolute Gasteiger partial charge is 0.119 e. The Bertz CT molecular complexity index is 678. The van der Waals surface area contributed by atoms with Crippen molar-refractivity contribution in [3.63, 3.8) is 0 Å². The van der Waals surface area contributed by atoms with Crippen molar-refractivity contribution in [1.82, 2.24) is 0 Å². The lowest BCUT2D eigenvalue weighted by Gasteiger charge is -2.07. The SMILES string of the molecule is c1ccc(SCCOc2ccc(-c3ccccc3)cc2)cc1. The van der Waals surface area contributed by atoms with E-state index in [-0.39, 0.29) is 0 Å². The number of rotatable bonds is 6. The molecule has 22 heavy (non-hydrogen) atoms. The number of ether oxygens (including phenoxy) is 1. The zero-order valence-electron chi connectivity index (χ0n) is 12.3. The lowest BCUT2D eigenvalue weighted by Crippen LogP contribution is -1.99. The third-order valence-corrected chi connectivity index (χ3v) is 4.30. The van der Waals surface area contributed by atoms with Crippen LogP contribution in [0.2, 0.25) is 0 Å². The first-order chi connectivity index (χ1) is 10.9. The molecule has 0 aliphatic heterocycles. The van der Waals surface area contributed by atoms with Gasteiger partial charge in [-0.2, -0.15) is 0 Å². The molecule has 0 radical (unpaired) electrons. The Balaban J connectivity index is 1.49. The molecule has 0 fully saturated rings. The normalized spacial score (nSPS) is 10.4. The van der Waals surface area contributed by atoms with E-state index in [1.165, 1.54) is 16.0 Å². The van der Waals surface area contributed by atoms with E-state index in [0.717, 1.165) is 11.5 Å². The van der Waals surface area contributed by atoms with Gasteiger partial charge in [0.2, 0.25) is 0 Å². The molecule has 0 bridgehead atoms. The molecule has 0 aliphatic rings. The van der Waals surface area contributed by atoms with Crippen molar-refractivity contribution in [3.05, 3.63) is 84.9 Å². The largest absolute Gasteiger partial charge is 0.493 e. The van der Waals surface area contributed by atoms with Crippen LogP contribution in [0.3, 0.4) is 0 Å². The van der Waals surface area contributed by atoms with Gasteiger partial charge in [-0.05, 0) is 35.4 Å². The van der Waals surface area contributed by atoms with Gasteiger partial charge in [-0.1, -0.05) is 60.7 Å². The summed E-state index contributed by atoms with van der Waals surface area (Å²) in [6.07, 6.45) is 0. The van der Waals surface area contributed by atoms with Gasteiger partial charge in [-0.25, -0.2) is 0 Å². The maximum absolute atomic E-state index is 5.80. The van der Waals surface area contributed by atoms with E-state index in [4.69, 9.17) is 4.74 Å². The Morgan fingerprint density at radius 2 is 1.23 bits per heavy atom. The topological polar surface area (TPSA) is 9.23 Å². The maximum atomic E-state index is 5.80. The van der Waals surface area contributed by atoms with Crippen molar-refractivity contribution in [2.75, 3.05) is 12.4 Å². The fraction of sp³-hybridized carbons (Fsp3) is 0.100. The molecular weight excluding hydrogens is 288 g/mol. The summed E-state index contributed by atoms with van der Waals surface area (Å²) in [5, 5.41) is 0. The summed E-state index contributed by atoms with van der Waals surface area (Å²) >= 11 is 1.81. The molecule has 0 heterocycles. The summed E-state index contributed by atoms with van der Waals surface area (Å²) in [5.41, 5.74) is 2.44. The molecule has 0 spiro atoms. The van der Waals surface area contributed by atoms with Crippen LogP contribution < -0.4 is 4.74 Å². The molecule has 0 aliphatic carbocycles. The zero-order chi connectivity index (χ0) is 15.0. The van der Waals surface area contributed by atoms with E-state index >= 15 is 0 Å². The highest BCUT2D eigenvalue weighted by Crippen LogP contribution is 2.22. The highest BCUT2D eigenvalue weighted by molar-refractivity contribution is 7.99. The van der Waals surface area contributed by atoms with Gasteiger partial charge < -0.3 is 4.74 Å². The standard InChI is InChI=1S/C20H18OS/c1-3-7-17(8-4-1)18-11-13-19(14-12-18)21-15-16-22-20-9-5-2-6-10-20/h1-14H,15-16H2.